The molecule has 1 amide bonds. The van der Waals surface area contributed by atoms with E-state index in [-0.39, 0.29) is 5.91 Å². The van der Waals surface area contributed by atoms with Crippen molar-refractivity contribution in [3.05, 3.63) is 65.7 Å². The number of hydrogen-bond donors (Lipinski definition) is 0. The van der Waals surface area contributed by atoms with Gasteiger partial charge < -0.3 is 0 Å². The summed E-state index contributed by atoms with van der Waals surface area (Å²) in [5.41, 5.74) is 2.42. The Bertz CT molecular complexity index is 912. The number of rotatable bonds is 9. The minimum absolute atomic E-state index is 0.272. The standard InChI is InChI=1S/C23H26ClN3OS2/c1-4-15-26(16-5-2)30-29-22(17-25)23(24,19-9-7-6-8-10-19)21(28)27(22)20-13-11-18(3)12-14-20/h6-14H,4-5,15-16H2,1-3H3/t22-,23-/m1/s1. The monoisotopic (exact) mass is 459 g/mol. The summed E-state index contributed by atoms with van der Waals surface area (Å²) in [5.74, 6) is -0.272. The lowest BCUT2D eigenvalue weighted by atomic mass is 9.79. The number of carbonyl (C=O) groups is 1. The fourth-order valence-electron chi connectivity index (χ4n) is 3.56. The van der Waals surface area contributed by atoms with Crippen molar-refractivity contribution in [3.63, 3.8) is 0 Å². The van der Waals surface area contributed by atoms with Crippen molar-refractivity contribution in [1.82, 2.24) is 4.31 Å². The van der Waals surface area contributed by atoms with Crippen LogP contribution in [0.15, 0.2) is 54.6 Å². The molecule has 0 spiro atoms. The molecule has 0 bridgehead atoms. The predicted molar refractivity (Wildman–Crippen MR) is 128 cm³/mol. The third kappa shape index (κ3) is 3.85. The molecule has 30 heavy (non-hydrogen) atoms. The number of benzene rings is 2. The zero-order valence-electron chi connectivity index (χ0n) is 17.5. The van der Waals surface area contributed by atoms with Gasteiger partial charge in [0.2, 0.25) is 4.87 Å². The molecule has 2 atom stereocenters. The van der Waals surface area contributed by atoms with Crippen LogP contribution < -0.4 is 4.90 Å². The fraction of sp³-hybridized carbons (Fsp3) is 0.391. The Morgan fingerprint density at radius 3 is 2.20 bits per heavy atom. The van der Waals surface area contributed by atoms with Gasteiger partial charge in [-0.25, -0.2) is 4.31 Å². The molecule has 1 aliphatic heterocycles. The van der Waals surface area contributed by atoms with Crippen molar-refractivity contribution in [1.29, 1.82) is 5.26 Å². The van der Waals surface area contributed by atoms with Crippen LogP contribution in [0, 0.1) is 18.3 Å². The highest BCUT2D eigenvalue weighted by Gasteiger charge is 2.74. The Hall–Kier alpha value is -1.65. The van der Waals surface area contributed by atoms with Gasteiger partial charge in [-0.15, -0.1) is 0 Å². The smallest absolute Gasteiger partial charge is 0.259 e. The molecule has 0 N–H and O–H groups in total. The first-order valence-corrected chi connectivity index (χ1v) is 12.6. The molecular formula is C23H26ClN3OS2. The summed E-state index contributed by atoms with van der Waals surface area (Å²) in [6.07, 6.45) is 2.02. The summed E-state index contributed by atoms with van der Waals surface area (Å²) in [7, 11) is 2.89. The van der Waals surface area contributed by atoms with Crippen LogP contribution >= 0.6 is 33.4 Å². The SMILES string of the molecule is CCCN(CCC)SS[C@@]1(C#N)N(c2ccc(C)cc2)C(=O)[C@]1(Cl)c1ccccc1. The van der Waals surface area contributed by atoms with Gasteiger partial charge >= 0.3 is 0 Å². The molecule has 0 saturated carbocycles. The van der Waals surface area contributed by atoms with Gasteiger partial charge in [0, 0.05) is 18.8 Å². The largest absolute Gasteiger partial charge is 0.279 e. The van der Waals surface area contributed by atoms with Crippen molar-refractivity contribution in [2.75, 3.05) is 18.0 Å². The van der Waals surface area contributed by atoms with Gasteiger partial charge in [-0.2, -0.15) is 5.26 Å². The second-order valence-corrected chi connectivity index (χ2v) is 10.3. The topological polar surface area (TPSA) is 47.3 Å². The van der Waals surface area contributed by atoms with Gasteiger partial charge in [-0.05, 0) is 59.2 Å². The number of nitrogens with zero attached hydrogens (tertiary/aromatic N) is 3. The van der Waals surface area contributed by atoms with Crippen molar-refractivity contribution in [2.45, 2.75) is 43.4 Å². The van der Waals surface area contributed by atoms with Crippen LogP contribution in [0.5, 0.6) is 0 Å². The van der Waals surface area contributed by atoms with Gasteiger partial charge in [0.15, 0.2) is 4.87 Å². The fourth-order valence-corrected chi connectivity index (χ4v) is 7.29. The van der Waals surface area contributed by atoms with Crippen molar-refractivity contribution >= 4 is 45.0 Å². The molecule has 0 radical (unpaired) electrons. The van der Waals surface area contributed by atoms with Gasteiger partial charge in [0.25, 0.3) is 5.91 Å². The lowest BCUT2D eigenvalue weighted by Crippen LogP contribution is -2.76. The van der Waals surface area contributed by atoms with Gasteiger partial charge in [-0.1, -0.05) is 73.5 Å². The normalized spacial score (nSPS) is 23.3. The molecule has 1 saturated heterocycles. The maximum absolute atomic E-state index is 13.4. The summed E-state index contributed by atoms with van der Waals surface area (Å²) in [6.45, 7) is 8.08. The highest BCUT2D eigenvalue weighted by Crippen LogP contribution is 2.63. The van der Waals surface area contributed by atoms with E-state index in [1.165, 1.54) is 21.8 Å². The van der Waals surface area contributed by atoms with Crippen LogP contribution in [0.25, 0.3) is 0 Å². The average molecular weight is 460 g/mol. The van der Waals surface area contributed by atoms with Crippen LogP contribution in [0.1, 0.15) is 37.8 Å². The number of halogens is 1. The molecule has 1 heterocycles. The van der Waals surface area contributed by atoms with Crippen molar-refractivity contribution < 1.29 is 4.79 Å². The summed E-state index contributed by atoms with van der Waals surface area (Å²) in [5, 5.41) is 10.4. The number of hydrogen-bond acceptors (Lipinski definition) is 5. The van der Waals surface area contributed by atoms with E-state index < -0.39 is 9.75 Å². The average Bonchev–Trinajstić information content (AvgIpc) is 2.77. The first kappa shape index (κ1) is 23.0. The molecule has 0 unspecified atom stereocenters. The Kier molecular flexibility index (Phi) is 7.41. The summed E-state index contributed by atoms with van der Waals surface area (Å²) >= 11 is 7.05. The minimum Gasteiger partial charge on any atom is -0.279 e. The summed E-state index contributed by atoms with van der Waals surface area (Å²) < 4.78 is 2.24. The zero-order chi connectivity index (χ0) is 21.8. The molecular weight excluding hydrogens is 434 g/mol. The summed E-state index contributed by atoms with van der Waals surface area (Å²) in [4.78, 5) is 12.3. The molecule has 1 aliphatic rings. The summed E-state index contributed by atoms with van der Waals surface area (Å²) in [6, 6.07) is 19.3. The van der Waals surface area contributed by atoms with E-state index in [2.05, 4.69) is 24.2 Å². The highest BCUT2D eigenvalue weighted by molar-refractivity contribution is 8.76. The lowest BCUT2D eigenvalue weighted by molar-refractivity contribution is -0.128. The Labute approximate surface area is 192 Å². The third-order valence-corrected chi connectivity index (χ3v) is 8.92. The molecule has 4 nitrogen and oxygen atoms in total. The van der Waals surface area contributed by atoms with Crippen LogP contribution in [0.4, 0.5) is 5.69 Å². The second kappa shape index (κ2) is 9.65. The second-order valence-electron chi connectivity index (χ2n) is 7.34. The van der Waals surface area contributed by atoms with Crippen LogP contribution in [-0.2, 0) is 9.67 Å². The van der Waals surface area contributed by atoms with E-state index in [1.807, 2.05) is 61.5 Å². The molecule has 7 heteroatoms. The molecule has 158 valence electrons. The van der Waals surface area contributed by atoms with E-state index >= 15 is 0 Å². The van der Waals surface area contributed by atoms with Crippen molar-refractivity contribution in [2.24, 2.45) is 0 Å². The predicted octanol–water partition coefficient (Wildman–Crippen LogP) is 6.11. The Morgan fingerprint density at radius 1 is 1.07 bits per heavy atom. The Morgan fingerprint density at radius 2 is 1.67 bits per heavy atom. The molecule has 3 rings (SSSR count). The number of anilines is 1. The number of β-lactam (4-membered cyclic amide) rings is 1. The molecule has 2 aromatic rings. The number of carbonyl (C=O) groups excluding carboxylic acids is 1. The minimum atomic E-state index is -1.45. The maximum Gasteiger partial charge on any atom is 0.259 e. The number of amides is 1. The molecule has 0 aromatic heterocycles. The van der Waals surface area contributed by atoms with Crippen molar-refractivity contribution in [3.8, 4) is 6.07 Å². The highest BCUT2D eigenvalue weighted by atomic mass is 35.5. The van der Waals surface area contributed by atoms with E-state index in [4.69, 9.17) is 11.6 Å². The Balaban J connectivity index is 2.04. The van der Waals surface area contributed by atoms with Crippen LogP contribution in [0.2, 0.25) is 0 Å². The van der Waals surface area contributed by atoms with E-state index in [1.54, 1.807) is 4.90 Å². The van der Waals surface area contributed by atoms with E-state index in [0.717, 1.165) is 31.5 Å². The molecule has 1 fully saturated rings. The lowest BCUT2D eigenvalue weighted by Gasteiger charge is -2.57. The third-order valence-electron chi connectivity index (χ3n) is 5.10. The number of alkyl halides is 1. The van der Waals surface area contributed by atoms with Gasteiger partial charge in [-0.3, -0.25) is 9.69 Å². The first-order chi connectivity index (χ1) is 14.4. The van der Waals surface area contributed by atoms with Crippen LogP contribution in [-0.4, -0.2) is 28.2 Å². The van der Waals surface area contributed by atoms with E-state index in [9.17, 15) is 10.1 Å². The van der Waals surface area contributed by atoms with Gasteiger partial charge in [0.05, 0.1) is 0 Å². The maximum atomic E-state index is 13.4. The molecule has 2 aromatic carbocycles. The number of nitriles is 1. The molecule has 0 aliphatic carbocycles. The van der Waals surface area contributed by atoms with Crippen LogP contribution in [0.3, 0.4) is 0 Å². The zero-order valence-corrected chi connectivity index (χ0v) is 19.9. The number of aryl methyl sites for hydroxylation is 1. The first-order valence-electron chi connectivity index (χ1n) is 10.1. The van der Waals surface area contributed by atoms with Gasteiger partial charge in [0.1, 0.15) is 6.07 Å². The quantitative estimate of drug-likeness (QED) is 0.196. The van der Waals surface area contributed by atoms with E-state index in [0.29, 0.717) is 11.3 Å².